The summed E-state index contributed by atoms with van der Waals surface area (Å²) in [5, 5.41) is 0. The Bertz CT molecular complexity index is 2060. The molecule has 0 aliphatic rings. The van der Waals surface area contributed by atoms with Crippen molar-refractivity contribution >= 4 is 19.8 Å². The number of quaternary nitrogens is 1. The number of unbranched alkanes of at least 4 members (excludes halogenated alkanes) is 18. The van der Waals surface area contributed by atoms with Gasteiger partial charge < -0.3 is 27.9 Å². The van der Waals surface area contributed by atoms with E-state index in [1.165, 1.54) is 51.4 Å². The Balaban J connectivity index is 4.17. The molecule has 2 unspecified atom stereocenters. The van der Waals surface area contributed by atoms with Crippen molar-refractivity contribution in [2.75, 3.05) is 47.5 Å². The number of rotatable bonds is 60. The molecule has 0 aromatic rings. The Labute approximate surface area is 528 Å². The van der Waals surface area contributed by atoms with E-state index in [0.717, 1.165) is 154 Å². The molecule has 0 aromatic heterocycles. The summed E-state index contributed by atoms with van der Waals surface area (Å²) in [7, 11) is 1.13. The van der Waals surface area contributed by atoms with Crippen molar-refractivity contribution in [2.24, 2.45) is 0 Å². The first-order valence-electron chi connectivity index (χ1n) is 33.8. The molecule has 486 valence electrons. The van der Waals surface area contributed by atoms with Crippen LogP contribution in [0, 0.1) is 0 Å². The molecule has 0 fully saturated rings. The third-order valence-corrected chi connectivity index (χ3v) is 14.7. The number of phosphoric ester groups is 1. The fraction of sp³-hybridized carbons (Fsp3) is 0.605. The van der Waals surface area contributed by atoms with E-state index in [1.54, 1.807) is 0 Å². The lowest BCUT2D eigenvalue weighted by Crippen LogP contribution is -2.37. The van der Waals surface area contributed by atoms with Crippen LogP contribution < -0.4 is 4.89 Å². The molecule has 0 N–H and O–H groups in total. The molecule has 2 atom stereocenters. The Kier molecular flexibility index (Phi) is 61.3. The predicted octanol–water partition coefficient (Wildman–Crippen LogP) is 21.5. The van der Waals surface area contributed by atoms with Crippen LogP contribution in [0.5, 0.6) is 0 Å². The van der Waals surface area contributed by atoms with Crippen LogP contribution >= 0.6 is 7.82 Å². The molecule has 0 amide bonds. The van der Waals surface area contributed by atoms with Gasteiger partial charge in [-0.05, 0) is 135 Å². The van der Waals surface area contributed by atoms with Crippen LogP contribution in [0.4, 0.5) is 0 Å². The summed E-state index contributed by atoms with van der Waals surface area (Å²) in [6.07, 6.45) is 98.4. The molecule has 0 saturated heterocycles. The van der Waals surface area contributed by atoms with Gasteiger partial charge in [-0.1, -0.05) is 267 Å². The summed E-state index contributed by atoms with van der Waals surface area (Å²) in [5.74, 6) is -0.871. The number of hydrogen-bond donors (Lipinski definition) is 0. The normalized spacial score (nSPS) is 14.3. The molecule has 0 aliphatic carbocycles. The molecule has 0 aliphatic heterocycles. The van der Waals surface area contributed by atoms with E-state index in [2.05, 4.69) is 184 Å². The lowest BCUT2D eigenvalue weighted by atomic mass is 10.1. The van der Waals surface area contributed by atoms with Gasteiger partial charge >= 0.3 is 11.9 Å². The number of carbonyl (C=O) groups is 2. The highest BCUT2D eigenvalue weighted by molar-refractivity contribution is 7.45. The second-order valence-corrected chi connectivity index (χ2v) is 24.5. The summed E-state index contributed by atoms with van der Waals surface area (Å²) in [4.78, 5) is 38.0. The van der Waals surface area contributed by atoms with Crippen LogP contribution in [0.3, 0.4) is 0 Å². The van der Waals surface area contributed by atoms with Gasteiger partial charge in [-0.25, -0.2) is 0 Å². The lowest BCUT2D eigenvalue weighted by Gasteiger charge is -2.28. The minimum absolute atomic E-state index is 0.0444. The maximum absolute atomic E-state index is 12.8. The number of allylic oxidation sites excluding steroid dienone is 28. The first-order chi connectivity index (χ1) is 42.0. The van der Waals surface area contributed by atoms with Crippen molar-refractivity contribution in [3.05, 3.63) is 170 Å². The summed E-state index contributed by atoms with van der Waals surface area (Å²) in [5.41, 5.74) is 0. The highest BCUT2D eigenvalue weighted by Crippen LogP contribution is 2.38. The van der Waals surface area contributed by atoms with Crippen LogP contribution in [-0.2, 0) is 32.7 Å². The zero-order chi connectivity index (χ0) is 62.6. The fourth-order valence-electron chi connectivity index (χ4n) is 8.55. The quantitative estimate of drug-likeness (QED) is 0.0195. The van der Waals surface area contributed by atoms with Crippen LogP contribution in [0.15, 0.2) is 170 Å². The number of ether oxygens (including phenoxy) is 2. The average Bonchev–Trinajstić information content (AvgIpc) is 3.70. The molecule has 0 radical (unpaired) electrons. The highest BCUT2D eigenvalue weighted by Gasteiger charge is 2.22. The van der Waals surface area contributed by atoms with E-state index in [0.29, 0.717) is 23.9 Å². The van der Waals surface area contributed by atoms with E-state index in [1.807, 2.05) is 21.1 Å². The van der Waals surface area contributed by atoms with E-state index in [9.17, 15) is 19.0 Å². The molecule has 86 heavy (non-hydrogen) atoms. The van der Waals surface area contributed by atoms with Crippen molar-refractivity contribution in [3.8, 4) is 0 Å². The molecule has 0 aromatic carbocycles. The van der Waals surface area contributed by atoms with E-state index in [4.69, 9.17) is 18.5 Å². The smallest absolute Gasteiger partial charge is 0.306 e. The molecule has 0 spiro atoms. The second kappa shape index (κ2) is 64.8. The Morgan fingerprint density at radius 1 is 0.372 bits per heavy atom. The molecule has 0 rings (SSSR count). The van der Waals surface area contributed by atoms with Crippen LogP contribution in [-0.4, -0.2) is 70.0 Å². The third kappa shape index (κ3) is 68.5. The summed E-state index contributed by atoms with van der Waals surface area (Å²) < 4.78 is 34.2. The molecule has 10 heteroatoms. The third-order valence-electron chi connectivity index (χ3n) is 13.7. The maximum atomic E-state index is 12.8. The number of phosphoric acid groups is 1. The largest absolute Gasteiger partial charge is 0.756 e. The summed E-state index contributed by atoms with van der Waals surface area (Å²) in [6.45, 7) is 4.07. The predicted molar refractivity (Wildman–Crippen MR) is 369 cm³/mol. The molecule has 0 saturated carbocycles. The first kappa shape index (κ1) is 81.4. The Morgan fingerprint density at radius 2 is 0.663 bits per heavy atom. The molecule has 0 bridgehead atoms. The van der Waals surface area contributed by atoms with Gasteiger partial charge in [0.15, 0.2) is 6.10 Å². The van der Waals surface area contributed by atoms with E-state index >= 15 is 0 Å². The zero-order valence-electron chi connectivity index (χ0n) is 55.2. The van der Waals surface area contributed by atoms with Gasteiger partial charge in [-0.2, -0.15) is 0 Å². The second-order valence-electron chi connectivity index (χ2n) is 23.1. The summed E-state index contributed by atoms with van der Waals surface area (Å²) in [6, 6.07) is 0. The van der Waals surface area contributed by atoms with Gasteiger partial charge in [0.2, 0.25) is 0 Å². The fourth-order valence-corrected chi connectivity index (χ4v) is 9.28. The number of nitrogens with zero attached hydrogens (tertiary/aromatic N) is 1. The van der Waals surface area contributed by atoms with Crippen molar-refractivity contribution in [1.82, 2.24) is 0 Å². The standard InChI is InChI=1S/C76H124NO8P/c1-6-8-10-12-14-16-18-20-22-24-26-28-29-30-31-32-33-34-35-36-37-38-39-40-41-42-43-44-45-46-47-49-51-53-55-57-59-61-63-65-67-69-76(79)85-74(73-84-86(80,81)83-71-70-77(3,4)5)72-82-75(78)68-66-64-62-60-58-56-54-52-50-48-27-25-23-21-19-17-15-13-11-9-7-2/h8,10,14,16,19-22,25-28,30-31,33-34,36-37,39-40,42-43,45-46,49-52,74H,6-7,9,11-13,15,17-18,23-24,29,32,35,38,41,44,47-48,53-73H2,1-5H3/b10-8-,16-14-,21-19-,22-20-,27-25-,28-26-,31-30-,34-33-,37-36-,40-39-,43-42-,46-45-,51-49-,52-50-. The highest BCUT2D eigenvalue weighted by atomic mass is 31.2. The Morgan fingerprint density at radius 3 is 0.988 bits per heavy atom. The van der Waals surface area contributed by atoms with Crippen molar-refractivity contribution in [2.45, 2.75) is 251 Å². The maximum Gasteiger partial charge on any atom is 0.306 e. The van der Waals surface area contributed by atoms with Crippen LogP contribution in [0.1, 0.15) is 245 Å². The lowest BCUT2D eigenvalue weighted by molar-refractivity contribution is -0.870. The van der Waals surface area contributed by atoms with E-state index in [-0.39, 0.29) is 26.1 Å². The minimum atomic E-state index is -4.66. The number of esters is 2. The van der Waals surface area contributed by atoms with Gasteiger partial charge in [0, 0.05) is 12.8 Å². The number of likely N-dealkylation sites (N-methyl/N-ethyl adjacent to an activating group) is 1. The van der Waals surface area contributed by atoms with Crippen molar-refractivity contribution < 1.29 is 42.1 Å². The number of carbonyl (C=O) groups excluding carboxylic acids is 2. The number of hydrogen-bond acceptors (Lipinski definition) is 8. The average molecular weight is 1210 g/mol. The molecule has 9 nitrogen and oxygen atoms in total. The van der Waals surface area contributed by atoms with Gasteiger partial charge in [0.25, 0.3) is 7.82 Å². The SMILES string of the molecule is CC/C=C\C/C=C\C/C=C\C/C=C\C/C=C\C/C=C\C/C=C\C/C=C\C/C=C\C/C=C\C/C=C\CCCCCCCCCC(=O)OC(COC(=O)CCCCCCCC/C=C\C/C=C\C/C=C\CCCCCCC)COP(=O)([O-])OCC[N+](C)(C)C. The van der Waals surface area contributed by atoms with E-state index < -0.39 is 32.5 Å². The molecular formula is C76H124NO8P. The van der Waals surface area contributed by atoms with Gasteiger partial charge in [-0.3, -0.25) is 14.2 Å². The van der Waals surface area contributed by atoms with Crippen LogP contribution in [0.2, 0.25) is 0 Å². The summed E-state index contributed by atoms with van der Waals surface area (Å²) >= 11 is 0. The Hall–Kier alpha value is -4.63. The van der Waals surface area contributed by atoms with Gasteiger partial charge in [0.05, 0.1) is 27.7 Å². The van der Waals surface area contributed by atoms with Crippen LogP contribution in [0.25, 0.3) is 0 Å². The molecule has 0 heterocycles. The van der Waals surface area contributed by atoms with Crippen molar-refractivity contribution in [1.29, 1.82) is 0 Å². The van der Waals surface area contributed by atoms with Gasteiger partial charge in [0.1, 0.15) is 19.8 Å². The monoisotopic (exact) mass is 1210 g/mol. The molecular weight excluding hydrogens is 1090 g/mol. The van der Waals surface area contributed by atoms with Gasteiger partial charge in [-0.15, -0.1) is 0 Å². The zero-order valence-corrected chi connectivity index (χ0v) is 56.1. The minimum Gasteiger partial charge on any atom is -0.756 e. The van der Waals surface area contributed by atoms with Crippen molar-refractivity contribution in [3.63, 3.8) is 0 Å². The topological polar surface area (TPSA) is 111 Å². The first-order valence-corrected chi connectivity index (χ1v) is 35.3.